The summed E-state index contributed by atoms with van der Waals surface area (Å²) >= 11 is 0. The average Bonchev–Trinajstić information content (AvgIpc) is 3.04. The quantitative estimate of drug-likeness (QED) is 0.902. The number of anilines is 1. The highest BCUT2D eigenvalue weighted by Crippen LogP contribution is 2.19. The van der Waals surface area contributed by atoms with E-state index in [9.17, 15) is 0 Å². The van der Waals surface area contributed by atoms with Crippen LogP contribution in [0.3, 0.4) is 0 Å². The zero-order valence-electron chi connectivity index (χ0n) is 12.4. The maximum absolute atomic E-state index is 4.24. The first-order valence-corrected chi connectivity index (χ1v) is 7.68. The van der Waals surface area contributed by atoms with Gasteiger partial charge in [-0.25, -0.2) is 0 Å². The predicted octanol–water partition coefficient (Wildman–Crippen LogP) is 1.49. The molecule has 1 aliphatic rings. The van der Waals surface area contributed by atoms with Crippen molar-refractivity contribution in [2.24, 2.45) is 5.92 Å². The number of benzene rings is 1. The van der Waals surface area contributed by atoms with Gasteiger partial charge in [-0.1, -0.05) is 23.3 Å². The van der Waals surface area contributed by atoms with E-state index in [1.54, 1.807) is 0 Å². The van der Waals surface area contributed by atoms with Crippen molar-refractivity contribution >= 4 is 5.95 Å². The van der Waals surface area contributed by atoms with Gasteiger partial charge in [0.2, 0.25) is 5.95 Å². The molecule has 6 nitrogen and oxygen atoms in total. The fraction of sp³-hybridized carbons (Fsp3) is 0.533. The molecule has 3 rings (SSSR count). The van der Waals surface area contributed by atoms with Gasteiger partial charge in [0.1, 0.15) is 0 Å². The summed E-state index contributed by atoms with van der Waals surface area (Å²) in [6.45, 7) is 6.32. The molecule has 0 atom stereocenters. The van der Waals surface area contributed by atoms with Crippen molar-refractivity contribution in [2.75, 3.05) is 31.1 Å². The minimum absolute atomic E-state index is 0.715. The summed E-state index contributed by atoms with van der Waals surface area (Å²) < 4.78 is 1.82. The molecule has 1 aromatic carbocycles. The Bertz CT molecular complexity index is 546. The van der Waals surface area contributed by atoms with E-state index < -0.39 is 0 Å². The number of hydrogen-bond acceptors (Lipinski definition) is 5. The number of nitrogens with one attached hydrogen (secondary N) is 1. The molecule has 1 aliphatic heterocycles. The van der Waals surface area contributed by atoms with E-state index in [0.717, 1.165) is 37.8 Å². The molecule has 0 amide bonds. The maximum atomic E-state index is 4.24. The molecule has 21 heavy (non-hydrogen) atoms. The van der Waals surface area contributed by atoms with Crippen LogP contribution in [0.4, 0.5) is 5.95 Å². The van der Waals surface area contributed by atoms with Gasteiger partial charge in [0.05, 0.1) is 5.69 Å². The Labute approximate surface area is 125 Å². The van der Waals surface area contributed by atoms with Crippen molar-refractivity contribution < 1.29 is 0 Å². The van der Waals surface area contributed by atoms with E-state index >= 15 is 0 Å². The van der Waals surface area contributed by atoms with Gasteiger partial charge in [-0.15, -0.1) is 0 Å². The van der Waals surface area contributed by atoms with Gasteiger partial charge in [0.15, 0.2) is 0 Å². The minimum atomic E-state index is 0.715. The Hall–Kier alpha value is -1.95. The minimum Gasteiger partial charge on any atom is -0.339 e. The number of aromatic nitrogens is 4. The van der Waals surface area contributed by atoms with Crippen molar-refractivity contribution in [1.29, 1.82) is 0 Å². The Morgan fingerprint density at radius 2 is 2.00 bits per heavy atom. The Kier molecular flexibility index (Phi) is 4.45. The molecule has 6 heteroatoms. The van der Waals surface area contributed by atoms with Gasteiger partial charge in [-0.05, 0) is 61.3 Å². The van der Waals surface area contributed by atoms with Crippen LogP contribution in [0.2, 0.25) is 0 Å². The van der Waals surface area contributed by atoms with E-state index in [2.05, 4.69) is 32.7 Å². The molecule has 0 spiro atoms. The van der Waals surface area contributed by atoms with Gasteiger partial charge < -0.3 is 10.2 Å². The smallest absolute Gasteiger partial charge is 0.250 e. The van der Waals surface area contributed by atoms with E-state index in [0.29, 0.717) is 5.92 Å². The summed E-state index contributed by atoms with van der Waals surface area (Å²) in [6.07, 6.45) is 2.45. The summed E-state index contributed by atoms with van der Waals surface area (Å²) in [5.74, 6) is 1.55. The summed E-state index contributed by atoms with van der Waals surface area (Å²) in [5.41, 5.74) is 1.00. The van der Waals surface area contributed by atoms with Gasteiger partial charge in [0.25, 0.3) is 0 Å². The second-order valence-corrected chi connectivity index (χ2v) is 5.46. The van der Waals surface area contributed by atoms with Crippen LogP contribution in [0.5, 0.6) is 0 Å². The van der Waals surface area contributed by atoms with Crippen LogP contribution in [-0.4, -0.2) is 46.4 Å². The molecule has 1 aromatic heterocycles. The third kappa shape index (κ3) is 3.21. The number of rotatable bonds is 5. The highest BCUT2D eigenvalue weighted by molar-refractivity contribution is 5.40. The number of para-hydroxylation sites is 1. The monoisotopic (exact) mass is 286 g/mol. The van der Waals surface area contributed by atoms with E-state index in [-0.39, 0.29) is 0 Å². The molecule has 0 saturated carbocycles. The van der Waals surface area contributed by atoms with E-state index in [1.807, 2.05) is 35.0 Å². The summed E-state index contributed by atoms with van der Waals surface area (Å²) in [6, 6.07) is 10.1. The summed E-state index contributed by atoms with van der Waals surface area (Å²) in [4.78, 5) is 2.28. The van der Waals surface area contributed by atoms with Crippen LogP contribution < -0.4 is 10.2 Å². The lowest BCUT2D eigenvalue weighted by atomic mass is 9.98. The first-order valence-electron chi connectivity index (χ1n) is 7.68. The highest BCUT2D eigenvalue weighted by atomic mass is 15.6. The third-order valence-corrected chi connectivity index (χ3v) is 4.06. The Morgan fingerprint density at radius 3 is 2.71 bits per heavy atom. The predicted molar refractivity (Wildman–Crippen MR) is 82.6 cm³/mol. The lowest BCUT2D eigenvalue weighted by Crippen LogP contribution is -2.37. The second-order valence-electron chi connectivity index (χ2n) is 5.46. The van der Waals surface area contributed by atoms with Crippen molar-refractivity contribution in [1.82, 2.24) is 25.5 Å². The zero-order chi connectivity index (χ0) is 14.5. The first-order chi connectivity index (χ1) is 10.4. The van der Waals surface area contributed by atoms with Crippen molar-refractivity contribution in [3.8, 4) is 5.69 Å². The van der Waals surface area contributed by atoms with Crippen molar-refractivity contribution in [3.05, 3.63) is 30.3 Å². The molecule has 0 radical (unpaired) electrons. The molecule has 1 fully saturated rings. The van der Waals surface area contributed by atoms with Crippen molar-refractivity contribution in [2.45, 2.75) is 19.8 Å². The van der Waals surface area contributed by atoms with Gasteiger partial charge in [0, 0.05) is 13.1 Å². The molecule has 0 unspecified atom stereocenters. The second kappa shape index (κ2) is 6.67. The van der Waals surface area contributed by atoms with Crippen LogP contribution in [0.25, 0.3) is 5.69 Å². The molecular weight excluding hydrogens is 264 g/mol. The number of tetrazole rings is 1. The number of nitrogens with zero attached hydrogens (tertiary/aromatic N) is 5. The normalized spacial score (nSPS) is 16.0. The van der Waals surface area contributed by atoms with Gasteiger partial charge >= 0.3 is 0 Å². The molecule has 1 saturated heterocycles. The Morgan fingerprint density at radius 1 is 1.24 bits per heavy atom. The number of piperidine rings is 1. The fourth-order valence-electron chi connectivity index (χ4n) is 2.84. The van der Waals surface area contributed by atoms with Gasteiger partial charge in [-0.2, -0.15) is 4.68 Å². The van der Waals surface area contributed by atoms with Crippen LogP contribution in [0, 0.1) is 5.92 Å². The topological polar surface area (TPSA) is 58.9 Å². The zero-order valence-corrected chi connectivity index (χ0v) is 12.4. The van der Waals surface area contributed by atoms with Crippen LogP contribution in [-0.2, 0) is 0 Å². The lowest BCUT2D eigenvalue weighted by Gasteiger charge is -2.29. The molecular formula is C15H22N6. The van der Waals surface area contributed by atoms with Crippen LogP contribution >= 0.6 is 0 Å². The fourth-order valence-corrected chi connectivity index (χ4v) is 2.84. The van der Waals surface area contributed by atoms with Crippen molar-refractivity contribution in [3.63, 3.8) is 0 Å². The summed E-state index contributed by atoms with van der Waals surface area (Å²) in [7, 11) is 0. The van der Waals surface area contributed by atoms with Crippen LogP contribution in [0.15, 0.2) is 30.3 Å². The molecule has 0 aliphatic carbocycles. The highest BCUT2D eigenvalue weighted by Gasteiger charge is 2.20. The third-order valence-electron chi connectivity index (χ3n) is 4.06. The van der Waals surface area contributed by atoms with E-state index in [4.69, 9.17) is 0 Å². The molecule has 2 heterocycles. The molecule has 112 valence electrons. The molecule has 2 aromatic rings. The first kappa shape index (κ1) is 14.0. The maximum Gasteiger partial charge on any atom is 0.250 e. The molecule has 1 N–H and O–H groups in total. The largest absolute Gasteiger partial charge is 0.339 e. The standard InChI is InChI=1S/C15H22N6/c1-2-20(12-13-8-10-16-11-9-13)15-17-18-19-21(15)14-6-4-3-5-7-14/h3-7,13,16H,2,8-12H2,1H3. The SMILES string of the molecule is CCN(CC1CCNCC1)c1nnnn1-c1ccccc1. The summed E-state index contributed by atoms with van der Waals surface area (Å²) in [5, 5.41) is 15.7. The lowest BCUT2D eigenvalue weighted by molar-refractivity contribution is 0.373. The van der Waals surface area contributed by atoms with Gasteiger partial charge in [-0.3, -0.25) is 0 Å². The average molecular weight is 286 g/mol. The van der Waals surface area contributed by atoms with Crippen LogP contribution in [0.1, 0.15) is 19.8 Å². The van der Waals surface area contributed by atoms with E-state index in [1.165, 1.54) is 12.8 Å². The number of hydrogen-bond donors (Lipinski definition) is 1. The molecule has 0 bridgehead atoms. The Balaban J connectivity index is 1.79.